The molecule has 30 heavy (non-hydrogen) atoms. The third kappa shape index (κ3) is 4.59. The fourth-order valence-corrected chi connectivity index (χ4v) is 5.18. The van der Waals surface area contributed by atoms with E-state index in [0.717, 1.165) is 48.3 Å². The number of thiazole rings is 1. The number of aromatic nitrogens is 1. The zero-order chi connectivity index (χ0) is 20.9. The molecule has 0 saturated heterocycles. The van der Waals surface area contributed by atoms with Crippen molar-refractivity contribution in [3.63, 3.8) is 0 Å². The van der Waals surface area contributed by atoms with Gasteiger partial charge in [0.2, 0.25) is 0 Å². The first-order valence-electron chi connectivity index (χ1n) is 10.6. The summed E-state index contributed by atoms with van der Waals surface area (Å²) in [5.74, 6) is 1.62. The molecule has 1 aliphatic heterocycles. The Kier molecular flexibility index (Phi) is 6.52. The van der Waals surface area contributed by atoms with Gasteiger partial charge in [0.25, 0.3) is 5.91 Å². The van der Waals surface area contributed by atoms with Gasteiger partial charge in [-0.05, 0) is 44.2 Å². The number of aryl methyl sites for hydroxylation is 2. The van der Waals surface area contributed by atoms with Crippen LogP contribution >= 0.6 is 11.3 Å². The molecule has 0 bridgehead atoms. The van der Waals surface area contributed by atoms with Crippen molar-refractivity contribution in [3.05, 3.63) is 39.8 Å². The Morgan fingerprint density at radius 2 is 2.17 bits per heavy atom. The molecule has 1 aromatic heterocycles. The molecular formula is C22H29N5O2S. The Hall–Kier alpha value is -2.61. The summed E-state index contributed by atoms with van der Waals surface area (Å²) in [6, 6.07) is 7.69. The minimum Gasteiger partial charge on any atom is -0.482 e. The van der Waals surface area contributed by atoms with Gasteiger partial charge in [-0.15, -0.1) is 11.3 Å². The summed E-state index contributed by atoms with van der Waals surface area (Å²) in [7, 11) is 3.84. The number of amides is 1. The Morgan fingerprint density at radius 3 is 3.00 bits per heavy atom. The molecular weight excluding hydrogens is 398 g/mol. The molecule has 1 aliphatic carbocycles. The highest BCUT2D eigenvalue weighted by Gasteiger charge is 2.24. The number of nitrogens with zero attached hydrogens (tertiary/aromatic N) is 4. The molecule has 0 atom stereocenters. The van der Waals surface area contributed by atoms with Crippen LogP contribution in [0.4, 0.5) is 5.69 Å². The molecule has 0 saturated carbocycles. The summed E-state index contributed by atoms with van der Waals surface area (Å²) >= 11 is 1.84. The van der Waals surface area contributed by atoms with Gasteiger partial charge in [0.1, 0.15) is 10.8 Å². The molecule has 1 aromatic carbocycles. The lowest BCUT2D eigenvalue weighted by Gasteiger charge is -2.29. The average molecular weight is 428 g/mol. The van der Waals surface area contributed by atoms with E-state index in [4.69, 9.17) is 9.72 Å². The number of carbonyl (C=O) groups is 1. The molecule has 1 N–H and O–H groups in total. The van der Waals surface area contributed by atoms with E-state index in [0.29, 0.717) is 6.54 Å². The average Bonchev–Trinajstić information content (AvgIpc) is 3.17. The zero-order valence-corrected chi connectivity index (χ0v) is 18.5. The van der Waals surface area contributed by atoms with Gasteiger partial charge in [0, 0.05) is 32.1 Å². The van der Waals surface area contributed by atoms with Crippen LogP contribution in [0, 0.1) is 0 Å². The number of hydrogen-bond donors (Lipinski definition) is 1. The molecule has 2 aliphatic rings. The second-order valence-corrected chi connectivity index (χ2v) is 8.84. The highest BCUT2D eigenvalue weighted by atomic mass is 32.1. The number of aliphatic imine (C=N–C) groups is 1. The standard InChI is InChI=1S/C22H29N5O2S/c1-23-22(26(2)14-20-25-16-8-3-6-11-19(16)30-20)24-12-7-13-27-17-9-4-5-10-18(17)29-15-21(27)28/h4-5,9-10H,3,6-8,11-15H2,1-2H3,(H,23,24). The number of para-hydroxylation sites is 2. The van der Waals surface area contributed by atoms with E-state index in [1.165, 1.54) is 29.8 Å². The molecule has 2 heterocycles. The Balaban J connectivity index is 1.27. The summed E-state index contributed by atoms with van der Waals surface area (Å²) in [5, 5.41) is 4.57. The van der Waals surface area contributed by atoms with Crippen LogP contribution in [0.3, 0.4) is 0 Å². The van der Waals surface area contributed by atoms with Gasteiger partial charge in [0.15, 0.2) is 12.6 Å². The highest BCUT2D eigenvalue weighted by Crippen LogP contribution is 2.31. The van der Waals surface area contributed by atoms with Crippen LogP contribution in [0.2, 0.25) is 0 Å². The third-order valence-electron chi connectivity index (χ3n) is 5.49. The van der Waals surface area contributed by atoms with E-state index in [2.05, 4.69) is 15.2 Å². The molecule has 2 aromatic rings. The minimum atomic E-state index is 0.00272. The lowest BCUT2D eigenvalue weighted by molar-refractivity contribution is -0.121. The predicted octanol–water partition coefficient (Wildman–Crippen LogP) is 2.84. The maximum absolute atomic E-state index is 12.3. The van der Waals surface area contributed by atoms with E-state index >= 15 is 0 Å². The van der Waals surface area contributed by atoms with Gasteiger partial charge in [0.05, 0.1) is 17.9 Å². The van der Waals surface area contributed by atoms with Crippen LogP contribution in [0.1, 0.15) is 34.8 Å². The number of anilines is 1. The number of guanidine groups is 1. The maximum atomic E-state index is 12.3. The van der Waals surface area contributed by atoms with Crippen LogP contribution in [0.15, 0.2) is 29.3 Å². The van der Waals surface area contributed by atoms with E-state index < -0.39 is 0 Å². The summed E-state index contributed by atoms with van der Waals surface area (Å²) in [4.78, 5) is 26.9. The summed E-state index contributed by atoms with van der Waals surface area (Å²) in [5.41, 5.74) is 2.15. The number of benzene rings is 1. The van der Waals surface area contributed by atoms with Crippen LogP contribution in [0.5, 0.6) is 5.75 Å². The molecule has 0 spiro atoms. The van der Waals surface area contributed by atoms with Gasteiger partial charge < -0.3 is 19.9 Å². The van der Waals surface area contributed by atoms with Crippen molar-refractivity contribution in [1.29, 1.82) is 0 Å². The van der Waals surface area contributed by atoms with Crippen LogP contribution in [-0.4, -0.2) is 55.5 Å². The quantitative estimate of drug-likeness (QED) is 0.436. The first-order valence-corrected chi connectivity index (χ1v) is 11.4. The van der Waals surface area contributed by atoms with Gasteiger partial charge in [-0.2, -0.15) is 0 Å². The first kappa shape index (κ1) is 20.7. The van der Waals surface area contributed by atoms with E-state index in [1.54, 1.807) is 7.05 Å². The number of hydrogen-bond acceptors (Lipinski definition) is 5. The zero-order valence-electron chi connectivity index (χ0n) is 17.7. The van der Waals surface area contributed by atoms with Crippen LogP contribution in [0.25, 0.3) is 0 Å². The van der Waals surface area contributed by atoms with Crippen molar-refractivity contribution in [1.82, 2.24) is 15.2 Å². The van der Waals surface area contributed by atoms with Crippen LogP contribution < -0.4 is 15.0 Å². The molecule has 0 unspecified atom stereocenters. The number of ether oxygens (including phenoxy) is 1. The normalized spacial score (nSPS) is 16.0. The van der Waals surface area contributed by atoms with Gasteiger partial charge in [-0.25, -0.2) is 4.98 Å². The monoisotopic (exact) mass is 427 g/mol. The van der Waals surface area contributed by atoms with E-state index in [1.807, 2.05) is 47.5 Å². The lowest BCUT2D eigenvalue weighted by atomic mass is 10.0. The molecule has 0 radical (unpaired) electrons. The Bertz CT molecular complexity index is 903. The molecule has 4 rings (SSSR count). The van der Waals surface area contributed by atoms with E-state index in [-0.39, 0.29) is 12.5 Å². The van der Waals surface area contributed by atoms with Gasteiger partial charge >= 0.3 is 0 Å². The number of nitrogens with one attached hydrogen (secondary N) is 1. The highest BCUT2D eigenvalue weighted by molar-refractivity contribution is 7.11. The van der Waals surface area contributed by atoms with Crippen LogP contribution in [-0.2, 0) is 24.2 Å². The maximum Gasteiger partial charge on any atom is 0.265 e. The summed E-state index contributed by atoms with van der Waals surface area (Å²) in [6.45, 7) is 2.24. The van der Waals surface area contributed by atoms with Crippen molar-refractivity contribution in [2.75, 3.05) is 38.7 Å². The SMILES string of the molecule is CN=C(NCCCN1C(=O)COc2ccccc21)N(C)Cc1nc2c(s1)CCCC2. The molecule has 7 nitrogen and oxygen atoms in total. The van der Waals surface area contributed by atoms with Crippen molar-refractivity contribution >= 4 is 28.9 Å². The van der Waals surface area contributed by atoms with Gasteiger partial charge in [-0.3, -0.25) is 9.79 Å². The summed E-state index contributed by atoms with van der Waals surface area (Å²) < 4.78 is 5.51. The number of carbonyl (C=O) groups excluding carboxylic acids is 1. The minimum absolute atomic E-state index is 0.00272. The molecule has 1 amide bonds. The van der Waals surface area contributed by atoms with Crippen molar-refractivity contribution in [3.8, 4) is 5.75 Å². The number of fused-ring (bicyclic) bond motifs is 2. The second-order valence-electron chi connectivity index (χ2n) is 7.67. The fraction of sp³-hybridized carbons (Fsp3) is 0.500. The van der Waals surface area contributed by atoms with Gasteiger partial charge in [-0.1, -0.05) is 12.1 Å². The molecule has 160 valence electrons. The second kappa shape index (κ2) is 9.47. The number of rotatable bonds is 6. The Morgan fingerprint density at radius 1 is 1.33 bits per heavy atom. The Labute approximate surface area is 181 Å². The van der Waals surface area contributed by atoms with Crippen molar-refractivity contribution < 1.29 is 9.53 Å². The third-order valence-corrected chi connectivity index (χ3v) is 6.63. The largest absolute Gasteiger partial charge is 0.482 e. The first-order chi connectivity index (χ1) is 14.7. The molecule has 8 heteroatoms. The smallest absolute Gasteiger partial charge is 0.265 e. The fourth-order valence-electron chi connectivity index (χ4n) is 3.97. The lowest BCUT2D eigenvalue weighted by Crippen LogP contribution is -2.42. The summed E-state index contributed by atoms with van der Waals surface area (Å²) in [6.07, 6.45) is 5.65. The van der Waals surface area contributed by atoms with E-state index in [9.17, 15) is 4.79 Å². The van der Waals surface area contributed by atoms with Crippen molar-refractivity contribution in [2.45, 2.75) is 38.6 Å². The predicted molar refractivity (Wildman–Crippen MR) is 120 cm³/mol. The van der Waals surface area contributed by atoms with Crippen molar-refractivity contribution in [2.24, 2.45) is 4.99 Å². The topological polar surface area (TPSA) is 70.1 Å². The molecule has 0 fully saturated rings.